The van der Waals surface area contributed by atoms with Crippen molar-refractivity contribution in [1.29, 1.82) is 0 Å². The largest absolute Gasteiger partial charge is 0.481 e. The Morgan fingerprint density at radius 3 is 1.73 bits per heavy atom. The summed E-state index contributed by atoms with van der Waals surface area (Å²) in [4.78, 5) is 22.4. The van der Waals surface area contributed by atoms with Crippen LogP contribution in [0.1, 0.15) is 33.6 Å². The molecule has 0 radical (unpaired) electrons. The lowest BCUT2D eigenvalue weighted by atomic mass is 9.65. The van der Waals surface area contributed by atoms with E-state index in [0.717, 1.165) is 0 Å². The first-order chi connectivity index (χ1) is 6.59. The van der Waals surface area contributed by atoms with Gasteiger partial charge in [0.25, 0.3) is 0 Å². The van der Waals surface area contributed by atoms with Crippen molar-refractivity contribution >= 4 is 27.9 Å². The van der Waals surface area contributed by atoms with Gasteiger partial charge in [-0.25, -0.2) is 0 Å². The molecule has 86 valence electrons. The van der Waals surface area contributed by atoms with Crippen LogP contribution in [0.2, 0.25) is 0 Å². The first kappa shape index (κ1) is 12.5. The number of carboxylic acids is 2. The van der Waals surface area contributed by atoms with Crippen molar-refractivity contribution in [1.82, 2.24) is 0 Å². The minimum Gasteiger partial charge on any atom is -0.481 e. The third-order valence-corrected chi connectivity index (χ3v) is 5.88. The molecule has 1 fully saturated rings. The molecule has 0 aliphatic heterocycles. The van der Waals surface area contributed by atoms with Crippen LogP contribution in [0.25, 0.3) is 0 Å². The third-order valence-electron chi connectivity index (χ3n) is 4.15. The van der Waals surface area contributed by atoms with Crippen molar-refractivity contribution in [2.45, 2.75) is 37.9 Å². The molecule has 15 heavy (non-hydrogen) atoms. The van der Waals surface area contributed by atoms with Crippen LogP contribution in [-0.2, 0) is 9.59 Å². The molecule has 5 heteroatoms. The topological polar surface area (TPSA) is 74.6 Å². The van der Waals surface area contributed by atoms with E-state index in [1.807, 2.05) is 0 Å². The molecular weight excluding hydrogens is 264 g/mol. The molecule has 1 saturated carbocycles. The summed E-state index contributed by atoms with van der Waals surface area (Å²) in [5, 5.41) is 18.4. The number of rotatable bonds is 2. The summed E-state index contributed by atoms with van der Waals surface area (Å²) in [6, 6.07) is 0. The zero-order chi connectivity index (χ0) is 12.1. The highest BCUT2D eigenvalue weighted by Gasteiger charge is 2.66. The summed E-state index contributed by atoms with van der Waals surface area (Å²) in [6.45, 7) is 5.00. The zero-order valence-electron chi connectivity index (χ0n) is 9.00. The van der Waals surface area contributed by atoms with Crippen LogP contribution in [0.4, 0.5) is 0 Å². The fourth-order valence-electron chi connectivity index (χ4n) is 2.23. The van der Waals surface area contributed by atoms with E-state index in [0.29, 0.717) is 12.8 Å². The second-order valence-corrected chi connectivity index (χ2v) is 6.22. The minimum atomic E-state index is -1.15. The first-order valence-corrected chi connectivity index (χ1v) is 5.54. The number of hydrogen-bond acceptors (Lipinski definition) is 2. The lowest BCUT2D eigenvalue weighted by Crippen LogP contribution is -2.50. The van der Waals surface area contributed by atoms with Crippen molar-refractivity contribution in [2.24, 2.45) is 10.8 Å². The van der Waals surface area contributed by atoms with Crippen LogP contribution >= 0.6 is 15.9 Å². The second-order valence-electron chi connectivity index (χ2n) is 4.87. The van der Waals surface area contributed by atoms with Crippen molar-refractivity contribution in [3.05, 3.63) is 0 Å². The van der Waals surface area contributed by atoms with Gasteiger partial charge in [0.05, 0.1) is 5.41 Å². The molecule has 2 N–H and O–H groups in total. The maximum Gasteiger partial charge on any atom is 0.321 e. The average molecular weight is 279 g/mol. The van der Waals surface area contributed by atoms with Crippen molar-refractivity contribution in [3.8, 4) is 0 Å². The standard InChI is InChI=1S/C10H15BrO4/c1-8(2)9(3,6(12)13)4-5-10(8,11)7(14)15/h4-5H2,1-3H3,(H,12,13)(H,14,15). The van der Waals surface area contributed by atoms with E-state index < -0.39 is 27.1 Å². The zero-order valence-corrected chi connectivity index (χ0v) is 10.6. The van der Waals surface area contributed by atoms with Gasteiger partial charge in [0.1, 0.15) is 4.32 Å². The van der Waals surface area contributed by atoms with Gasteiger partial charge in [-0.1, -0.05) is 29.8 Å². The smallest absolute Gasteiger partial charge is 0.321 e. The van der Waals surface area contributed by atoms with E-state index in [1.54, 1.807) is 20.8 Å². The number of carbonyl (C=O) groups is 2. The van der Waals surface area contributed by atoms with Crippen molar-refractivity contribution < 1.29 is 19.8 Å². The van der Waals surface area contributed by atoms with Crippen LogP contribution < -0.4 is 0 Å². The molecule has 2 atom stereocenters. The Balaban J connectivity index is 3.26. The van der Waals surface area contributed by atoms with E-state index >= 15 is 0 Å². The molecular formula is C10H15BrO4. The van der Waals surface area contributed by atoms with Gasteiger partial charge in [-0.15, -0.1) is 0 Å². The predicted octanol–water partition coefficient (Wildman–Crippen LogP) is 2.12. The van der Waals surface area contributed by atoms with Gasteiger partial charge < -0.3 is 10.2 Å². The van der Waals surface area contributed by atoms with Gasteiger partial charge in [-0.3, -0.25) is 9.59 Å². The fourth-order valence-corrected chi connectivity index (χ4v) is 2.87. The summed E-state index contributed by atoms with van der Waals surface area (Å²) in [7, 11) is 0. The molecule has 0 aromatic rings. The van der Waals surface area contributed by atoms with E-state index in [1.165, 1.54) is 0 Å². The van der Waals surface area contributed by atoms with Crippen LogP contribution in [0.15, 0.2) is 0 Å². The SMILES string of the molecule is CC1(C(=O)O)CCC(Br)(C(=O)O)C1(C)C. The Bertz CT molecular complexity index is 295. The fraction of sp³-hybridized carbons (Fsp3) is 0.800. The summed E-state index contributed by atoms with van der Waals surface area (Å²) in [5.41, 5.74) is -1.84. The molecule has 4 nitrogen and oxygen atoms in total. The Hall–Kier alpha value is -0.580. The first-order valence-electron chi connectivity index (χ1n) is 4.75. The number of carboxylic acid groups (broad SMARTS) is 2. The van der Waals surface area contributed by atoms with Crippen LogP contribution in [-0.4, -0.2) is 26.5 Å². The van der Waals surface area contributed by atoms with Gasteiger partial charge in [-0.05, 0) is 19.8 Å². The van der Waals surface area contributed by atoms with Gasteiger partial charge in [0.15, 0.2) is 0 Å². The molecule has 0 heterocycles. The summed E-state index contributed by atoms with van der Waals surface area (Å²) < 4.78 is -1.15. The highest BCUT2D eigenvalue weighted by molar-refractivity contribution is 9.10. The van der Waals surface area contributed by atoms with Crippen LogP contribution in [0.5, 0.6) is 0 Å². The van der Waals surface area contributed by atoms with Crippen LogP contribution in [0, 0.1) is 10.8 Å². The van der Waals surface area contributed by atoms with Crippen molar-refractivity contribution in [2.75, 3.05) is 0 Å². The Labute approximate surface area is 96.8 Å². The van der Waals surface area contributed by atoms with Gasteiger partial charge >= 0.3 is 11.9 Å². The lowest BCUT2D eigenvalue weighted by molar-refractivity contribution is -0.156. The van der Waals surface area contributed by atoms with E-state index in [9.17, 15) is 19.8 Å². The molecule has 0 amide bonds. The Morgan fingerprint density at radius 2 is 1.53 bits per heavy atom. The Morgan fingerprint density at radius 1 is 1.07 bits per heavy atom. The summed E-state index contributed by atoms with van der Waals surface area (Å²) in [5.74, 6) is -1.92. The molecule has 1 aliphatic carbocycles. The molecule has 0 aromatic carbocycles. The molecule has 1 rings (SSSR count). The number of hydrogen-bond donors (Lipinski definition) is 2. The average Bonchev–Trinajstić information content (AvgIpc) is 2.28. The molecule has 0 aromatic heterocycles. The van der Waals surface area contributed by atoms with Gasteiger partial charge in [0, 0.05) is 5.41 Å². The number of halogens is 1. The highest BCUT2D eigenvalue weighted by Crippen LogP contribution is 2.61. The minimum absolute atomic E-state index is 0.331. The Kier molecular flexibility index (Phi) is 2.67. The third kappa shape index (κ3) is 1.32. The van der Waals surface area contributed by atoms with Gasteiger partial charge in [0.2, 0.25) is 0 Å². The second kappa shape index (κ2) is 3.20. The molecule has 2 unspecified atom stereocenters. The summed E-state index contributed by atoms with van der Waals surface area (Å²) >= 11 is 3.21. The highest BCUT2D eigenvalue weighted by atomic mass is 79.9. The molecule has 0 spiro atoms. The van der Waals surface area contributed by atoms with Crippen LogP contribution in [0.3, 0.4) is 0 Å². The quantitative estimate of drug-likeness (QED) is 0.759. The monoisotopic (exact) mass is 278 g/mol. The predicted molar refractivity (Wildman–Crippen MR) is 58.1 cm³/mol. The molecule has 0 bridgehead atoms. The number of aliphatic carboxylic acids is 2. The normalized spacial score (nSPS) is 38.9. The van der Waals surface area contributed by atoms with Crippen molar-refractivity contribution in [3.63, 3.8) is 0 Å². The van der Waals surface area contributed by atoms with E-state index in [2.05, 4.69) is 15.9 Å². The van der Waals surface area contributed by atoms with E-state index in [-0.39, 0.29) is 0 Å². The number of alkyl halides is 1. The van der Waals surface area contributed by atoms with Gasteiger partial charge in [-0.2, -0.15) is 0 Å². The lowest BCUT2D eigenvalue weighted by Gasteiger charge is -2.41. The molecule has 0 saturated heterocycles. The molecule has 1 aliphatic rings. The maximum atomic E-state index is 11.2. The maximum absolute atomic E-state index is 11.2. The summed E-state index contributed by atoms with van der Waals surface area (Å²) in [6.07, 6.45) is 0.699. The van der Waals surface area contributed by atoms with E-state index in [4.69, 9.17) is 0 Å².